The summed E-state index contributed by atoms with van der Waals surface area (Å²) in [6.45, 7) is 14.0. The summed E-state index contributed by atoms with van der Waals surface area (Å²) in [4.78, 5) is 31.2. The summed E-state index contributed by atoms with van der Waals surface area (Å²) in [6.07, 6.45) is 21.4. The zero-order chi connectivity index (χ0) is 47.8. The molecule has 3 aliphatic heterocycles. The van der Waals surface area contributed by atoms with Gasteiger partial charge in [-0.2, -0.15) is 10.2 Å². The molecule has 5 N–H and O–H groups in total. The lowest BCUT2D eigenvalue weighted by molar-refractivity contribution is 0.0985. The van der Waals surface area contributed by atoms with Crippen molar-refractivity contribution in [1.29, 1.82) is 0 Å². The molecule has 0 bridgehead atoms. The Hall–Kier alpha value is -7.84. The van der Waals surface area contributed by atoms with Crippen LogP contribution in [-0.2, 0) is 4.74 Å². The SMILES string of the molecule is Cc1ccncc1-c1cc(C2CCCN(c3cncc4[nH]c(-c5n[nH]c6ccc(-c7cncc(NC(=C8COC8)C(C)(C)C)c7)cc56)cc34)C2)c2n[nH]c(-c3cc4c(N5CCCCC5)cncc4[nH]3)c2c1. The number of benzene rings is 2. The fourth-order valence-corrected chi connectivity index (χ4v) is 11.4. The van der Waals surface area contributed by atoms with Crippen LogP contribution in [0, 0.1) is 12.3 Å². The van der Waals surface area contributed by atoms with Crippen molar-refractivity contribution in [3.63, 3.8) is 0 Å². The maximum absolute atomic E-state index is 5.53. The van der Waals surface area contributed by atoms with Gasteiger partial charge in [-0.1, -0.05) is 26.8 Å². The molecule has 8 aromatic heterocycles. The van der Waals surface area contributed by atoms with Crippen LogP contribution in [-0.4, -0.2) is 89.7 Å². The Morgan fingerprint density at radius 3 is 2.17 bits per heavy atom. The van der Waals surface area contributed by atoms with Crippen molar-refractivity contribution in [2.45, 2.75) is 65.7 Å². The van der Waals surface area contributed by atoms with Crippen molar-refractivity contribution in [1.82, 2.24) is 50.3 Å². The van der Waals surface area contributed by atoms with E-state index in [0.29, 0.717) is 13.2 Å². The number of aromatic nitrogens is 10. The summed E-state index contributed by atoms with van der Waals surface area (Å²) in [5.41, 5.74) is 20.2. The summed E-state index contributed by atoms with van der Waals surface area (Å²) < 4.78 is 5.53. The van der Waals surface area contributed by atoms with E-state index in [-0.39, 0.29) is 11.3 Å². The van der Waals surface area contributed by atoms with E-state index in [1.807, 2.05) is 49.6 Å². The standard InChI is InChI=1S/C57H57N13O/c1-33-12-13-58-25-45(33)36-19-40(53-44(20-36)55(68-66-53)48-21-41-49(64-48)26-60-28-51(41)69-14-6-5-7-15-69)35-9-8-16-70(30-35)52-29-61-27-50-42(52)22-47(63-50)54-43-18-34(10-11-46(43)65-67-54)37-17-39(24-59-23-37)62-56(57(2,3)4)38-31-71-32-38/h10-13,17-29,35,62-64H,5-9,14-16,30-32H2,1-4H3,(H,65,67)(H,66,68). The number of piperidine rings is 2. The van der Waals surface area contributed by atoms with E-state index in [1.165, 1.54) is 52.7 Å². The van der Waals surface area contributed by atoms with Gasteiger partial charge in [-0.3, -0.25) is 30.1 Å². The number of pyridine rings is 4. The van der Waals surface area contributed by atoms with Gasteiger partial charge in [0.2, 0.25) is 0 Å². The highest BCUT2D eigenvalue weighted by atomic mass is 16.5. The summed E-state index contributed by atoms with van der Waals surface area (Å²) >= 11 is 0. The van der Waals surface area contributed by atoms with Crippen LogP contribution in [0.3, 0.4) is 0 Å². The smallest absolute Gasteiger partial charge is 0.116 e. The van der Waals surface area contributed by atoms with E-state index in [1.54, 1.807) is 0 Å². The fraction of sp³-hybridized carbons (Fsp3) is 0.298. The summed E-state index contributed by atoms with van der Waals surface area (Å²) in [7, 11) is 0. The molecule has 14 heteroatoms. The van der Waals surface area contributed by atoms with Crippen LogP contribution in [0.4, 0.5) is 17.1 Å². The molecule has 3 aliphatic rings. The molecule has 0 aliphatic carbocycles. The van der Waals surface area contributed by atoms with Gasteiger partial charge >= 0.3 is 0 Å². The average molecular weight is 940 g/mol. The van der Waals surface area contributed by atoms with E-state index in [4.69, 9.17) is 19.9 Å². The van der Waals surface area contributed by atoms with Gasteiger partial charge in [0.25, 0.3) is 0 Å². The van der Waals surface area contributed by atoms with Crippen molar-refractivity contribution in [3.05, 3.63) is 127 Å². The molecule has 0 saturated carbocycles. The molecular weight excluding hydrogens is 883 g/mol. The monoisotopic (exact) mass is 939 g/mol. The van der Waals surface area contributed by atoms with Gasteiger partial charge in [0.05, 0.1) is 100 Å². The minimum absolute atomic E-state index is 0.0523. The van der Waals surface area contributed by atoms with Gasteiger partial charge in [0.15, 0.2) is 0 Å². The molecule has 13 rings (SSSR count). The number of ether oxygens (including phenoxy) is 1. The second kappa shape index (κ2) is 17.2. The molecule has 356 valence electrons. The Kier molecular flexibility index (Phi) is 10.5. The van der Waals surface area contributed by atoms with Gasteiger partial charge < -0.3 is 29.8 Å². The number of aryl methyl sites for hydroxylation is 1. The van der Waals surface area contributed by atoms with Crippen LogP contribution in [0.15, 0.2) is 115 Å². The number of H-pyrrole nitrogens is 4. The van der Waals surface area contributed by atoms with Crippen LogP contribution in [0.5, 0.6) is 0 Å². The predicted octanol–water partition coefficient (Wildman–Crippen LogP) is 12.1. The van der Waals surface area contributed by atoms with Crippen LogP contribution < -0.4 is 15.1 Å². The first-order valence-corrected chi connectivity index (χ1v) is 25.1. The fourth-order valence-electron chi connectivity index (χ4n) is 11.4. The molecule has 11 heterocycles. The third-order valence-electron chi connectivity index (χ3n) is 15.1. The first kappa shape index (κ1) is 43.2. The number of fused-ring (bicyclic) bond motifs is 4. The minimum Gasteiger partial charge on any atom is -0.372 e. The van der Waals surface area contributed by atoms with Gasteiger partial charge in [0.1, 0.15) is 5.69 Å². The van der Waals surface area contributed by atoms with Gasteiger partial charge in [0, 0.05) is 100 Å². The molecular formula is C57H57N13O. The van der Waals surface area contributed by atoms with Crippen LogP contribution in [0.1, 0.15) is 69.9 Å². The molecule has 0 amide bonds. The Bertz CT molecular complexity index is 3690. The maximum atomic E-state index is 5.53. The zero-order valence-corrected chi connectivity index (χ0v) is 40.7. The first-order chi connectivity index (χ1) is 34.7. The zero-order valence-electron chi connectivity index (χ0n) is 40.7. The van der Waals surface area contributed by atoms with Crippen molar-refractivity contribution < 1.29 is 4.74 Å². The minimum atomic E-state index is -0.0523. The van der Waals surface area contributed by atoms with Gasteiger partial charge in [-0.05, 0) is 110 Å². The number of hydrogen-bond acceptors (Lipinski definition) is 10. The molecule has 10 aromatic rings. The topological polar surface area (TPSA) is 168 Å². The molecule has 1 atom stereocenters. The molecule has 2 aromatic carbocycles. The number of hydrogen-bond donors (Lipinski definition) is 5. The van der Waals surface area contributed by atoms with Crippen molar-refractivity contribution in [3.8, 4) is 45.0 Å². The number of aromatic amines is 4. The van der Waals surface area contributed by atoms with Crippen LogP contribution in [0.25, 0.3) is 88.6 Å². The lowest BCUT2D eigenvalue weighted by Gasteiger charge is -2.35. The van der Waals surface area contributed by atoms with Crippen molar-refractivity contribution in [2.75, 3.05) is 54.5 Å². The average Bonchev–Trinajstić information content (AvgIpc) is 4.20. The quantitative estimate of drug-likeness (QED) is 0.0939. The van der Waals surface area contributed by atoms with E-state index in [2.05, 4.69) is 133 Å². The maximum Gasteiger partial charge on any atom is 0.116 e. The first-order valence-electron chi connectivity index (χ1n) is 25.1. The van der Waals surface area contributed by atoms with Crippen molar-refractivity contribution in [2.24, 2.45) is 5.41 Å². The molecule has 3 fully saturated rings. The second-order valence-corrected chi connectivity index (χ2v) is 20.8. The number of anilines is 3. The van der Waals surface area contributed by atoms with E-state index in [9.17, 15) is 0 Å². The van der Waals surface area contributed by atoms with E-state index < -0.39 is 0 Å². The number of nitrogens with one attached hydrogen (secondary N) is 5. The molecule has 71 heavy (non-hydrogen) atoms. The third kappa shape index (κ3) is 7.77. The molecule has 1 unspecified atom stereocenters. The van der Waals surface area contributed by atoms with Gasteiger partial charge in [-0.15, -0.1) is 0 Å². The Balaban J connectivity index is 0.831. The summed E-state index contributed by atoms with van der Waals surface area (Å²) in [5, 5.41) is 25.0. The lowest BCUT2D eigenvalue weighted by Crippen LogP contribution is -2.34. The van der Waals surface area contributed by atoms with Crippen molar-refractivity contribution >= 4 is 60.7 Å². The van der Waals surface area contributed by atoms with Crippen LogP contribution >= 0.6 is 0 Å². The van der Waals surface area contributed by atoms with E-state index >= 15 is 0 Å². The highest BCUT2D eigenvalue weighted by molar-refractivity contribution is 6.03. The molecule has 14 nitrogen and oxygen atoms in total. The Morgan fingerprint density at radius 1 is 0.648 bits per heavy atom. The lowest BCUT2D eigenvalue weighted by atomic mass is 9.86. The summed E-state index contributed by atoms with van der Waals surface area (Å²) in [6, 6.07) is 19.9. The summed E-state index contributed by atoms with van der Waals surface area (Å²) in [5.74, 6) is 0.214. The molecule has 0 spiro atoms. The highest BCUT2D eigenvalue weighted by Crippen LogP contribution is 2.43. The molecule has 0 radical (unpaired) electrons. The van der Waals surface area contributed by atoms with Crippen LogP contribution in [0.2, 0.25) is 0 Å². The Labute approximate surface area is 411 Å². The number of rotatable bonds is 9. The van der Waals surface area contributed by atoms with E-state index in [0.717, 1.165) is 134 Å². The number of nitrogens with zero attached hydrogens (tertiary/aromatic N) is 8. The largest absolute Gasteiger partial charge is 0.372 e. The second-order valence-electron chi connectivity index (χ2n) is 20.8. The predicted molar refractivity (Wildman–Crippen MR) is 285 cm³/mol. The highest BCUT2D eigenvalue weighted by Gasteiger charge is 2.29. The normalized spacial score (nSPS) is 16.7. The molecule has 3 saturated heterocycles. The Morgan fingerprint density at radius 2 is 1.39 bits per heavy atom. The third-order valence-corrected chi connectivity index (χ3v) is 15.1. The number of allylic oxidation sites excluding steroid dienone is 1. The van der Waals surface area contributed by atoms with Gasteiger partial charge in [-0.25, -0.2) is 0 Å².